The molecule has 0 saturated carbocycles. The molecule has 1 aliphatic heterocycles. The summed E-state index contributed by atoms with van der Waals surface area (Å²) in [6, 6.07) is 5.57. The first kappa shape index (κ1) is 23.7. The Morgan fingerprint density at radius 2 is 1.74 bits per heavy atom. The van der Waals surface area contributed by atoms with Gasteiger partial charge >= 0.3 is 6.18 Å². The van der Waals surface area contributed by atoms with Crippen LogP contribution in [0.15, 0.2) is 40.6 Å². The van der Waals surface area contributed by atoms with E-state index in [9.17, 15) is 31.2 Å². The summed E-state index contributed by atoms with van der Waals surface area (Å²) in [6.45, 7) is -0.0251. The second-order valence-corrected chi connectivity index (χ2v) is 10.1. The summed E-state index contributed by atoms with van der Waals surface area (Å²) < 4.78 is 65.6. The van der Waals surface area contributed by atoms with E-state index in [1.165, 1.54) is 16.2 Å². The van der Waals surface area contributed by atoms with E-state index < -0.39 is 26.7 Å². The van der Waals surface area contributed by atoms with Crippen molar-refractivity contribution in [2.24, 2.45) is 0 Å². The number of carbonyl (C=O) groups is 2. The van der Waals surface area contributed by atoms with Crippen LogP contribution in [-0.4, -0.2) is 55.5 Å². The highest BCUT2D eigenvalue weighted by molar-refractivity contribution is 7.89. The number of carbonyl (C=O) groups excluding carboxylic acids is 2. The first-order valence-corrected chi connectivity index (χ1v) is 11.9. The minimum atomic E-state index is -4.71. The molecule has 6 nitrogen and oxygen atoms in total. The van der Waals surface area contributed by atoms with Crippen LogP contribution in [0.5, 0.6) is 0 Å². The topological polar surface area (TPSA) is 74.8 Å². The van der Waals surface area contributed by atoms with Crippen molar-refractivity contribution in [3.8, 4) is 0 Å². The molecular formula is C19H18ClF3N2O4S2. The second kappa shape index (κ2) is 9.27. The van der Waals surface area contributed by atoms with Crippen LogP contribution in [-0.2, 0) is 21.0 Å². The van der Waals surface area contributed by atoms with E-state index >= 15 is 0 Å². The highest BCUT2D eigenvalue weighted by Gasteiger charge is 2.35. The van der Waals surface area contributed by atoms with Crippen LogP contribution >= 0.6 is 22.9 Å². The van der Waals surface area contributed by atoms with Crippen molar-refractivity contribution in [3.63, 3.8) is 0 Å². The van der Waals surface area contributed by atoms with Gasteiger partial charge in [-0.05, 0) is 29.6 Å². The normalized spacial score (nSPS) is 15.8. The summed E-state index contributed by atoms with van der Waals surface area (Å²) in [5, 5.41) is 1.46. The van der Waals surface area contributed by atoms with Gasteiger partial charge in [-0.15, -0.1) is 11.3 Å². The highest BCUT2D eigenvalue weighted by Crippen LogP contribution is 2.34. The predicted octanol–water partition coefficient (Wildman–Crippen LogP) is 3.92. The van der Waals surface area contributed by atoms with Crippen LogP contribution in [0, 0.1) is 0 Å². The molecule has 0 unspecified atom stereocenters. The molecule has 0 N–H and O–H groups in total. The van der Waals surface area contributed by atoms with Gasteiger partial charge in [0.1, 0.15) is 4.90 Å². The smallest absolute Gasteiger partial charge is 0.340 e. The van der Waals surface area contributed by atoms with E-state index in [2.05, 4.69) is 0 Å². The molecule has 1 aromatic heterocycles. The summed E-state index contributed by atoms with van der Waals surface area (Å²) in [5.41, 5.74) is -1.11. The molecule has 2 aromatic rings. The number of amides is 1. The predicted molar refractivity (Wildman–Crippen MR) is 110 cm³/mol. The number of halogens is 4. The van der Waals surface area contributed by atoms with Gasteiger partial charge in [-0.25, -0.2) is 8.42 Å². The maximum absolute atomic E-state index is 13.0. The molecular weight excluding hydrogens is 477 g/mol. The van der Waals surface area contributed by atoms with Crippen molar-refractivity contribution in [2.75, 3.05) is 26.2 Å². The highest BCUT2D eigenvalue weighted by atomic mass is 35.5. The molecule has 0 spiro atoms. The number of hydrogen-bond acceptors (Lipinski definition) is 5. The number of rotatable bonds is 6. The van der Waals surface area contributed by atoms with Crippen LogP contribution in [0.4, 0.5) is 13.2 Å². The van der Waals surface area contributed by atoms with Gasteiger partial charge in [0.15, 0.2) is 5.78 Å². The Morgan fingerprint density at radius 1 is 1.06 bits per heavy atom. The van der Waals surface area contributed by atoms with Gasteiger partial charge in [0.25, 0.3) is 0 Å². The number of benzene rings is 1. The lowest BCUT2D eigenvalue weighted by Crippen LogP contribution is -2.50. The fourth-order valence-electron chi connectivity index (χ4n) is 3.13. The summed E-state index contributed by atoms with van der Waals surface area (Å²) in [5.74, 6) is -0.414. The zero-order valence-electron chi connectivity index (χ0n) is 16.1. The number of sulfonamides is 1. The molecule has 2 heterocycles. The average Bonchev–Trinajstić information content (AvgIpc) is 3.26. The Morgan fingerprint density at radius 3 is 2.32 bits per heavy atom. The van der Waals surface area contributed by atoms with Crippen molar-refractivity contribution in [2.45, 2.75) is 23.9 Å². The Hall–Kier alpha value is -1.95. The molecule has 31 heavy (non-hydrogen) atoms. The summed E-state index contributed by atoms with van der Waals surface area (Å²) in [6.07, 6.45) is -4.65. The molecule has 0 radical (unpaired) electrons. The number of alkyl halides is 3. The summed E-state index contributed by atoms with van der Waals surface area (Å²) in [4.78, 5) is 25.8. The van der Waals surface area contributed by atoms with E-state index in [0.717, 1.165) is 16.4 Å². The molecule has 168 valence electrons. The largest absolute Gasteiger partial charge is 0.416 e. The minimum absolute atomic E-state index is 0.00292. The van der Waals surface area contributed by atoms with Gasteiger partial charge in [0.05, 0.1) is 15.5 Å². The maximum atomic E-state index is 13.0. The van der Waals surface area contributed by atoms with Gasteiger partial charge < -0.3 is 4.90 Å². The Bertz CT molecular complexity index is 1060. The molecule has 1 fully saturated rings. The molecule has 3 rings (SSSR count). The van der Waals surface area contributed by atoms with Crippen LogP contribution in [0.2, 0.25) is 5.02 Å². The fourth-order valence-corrected chi connectivity index (χ4v) is 5.75. The lowest BCUT2D eigenvalue weighted by atomic mass is 10.1. The van der Waals surface area contributed by atoms with Crippen molar-refractivity contribution < 1.29 is 31.2 Å². The first-order chi connectivity index (χ1) is 14.5. The van der Waals surface area contributed by atoms with Crippen molar-refractivity contribution >= 4 is 44.7 Å². The van der Waals surface area contributed by atoms with Crippen molar-refractivity contribution in [1.29, 1.82) is 0 Å². The third-order valence-corrected chi connectivity index (χ3v) is 8.12. The Kier molecular flexibility index (Phi) is 7.09. The molecule has 12 heteroatoms. The summed E-state index contributed by atoms with van der Waals surface area (Å²) >= 11 is 7.17. The molecule has 1 aromatic carbocycles. The quantitative estimate of drug-likeness (QED) is 0.570. The van der Waals surface area contributed by atoms with Crippen molar-refractivity contribution in [3.05, 3.63) is 51.2 Å². The number of hydrogen-bond donors (Lipinski definition) is 0. The SMILES string of the molecule is O=C(CCC(=O)N1CCN(S(=O)(=O)c2cc(C(F)(F)F)ccc2Cl)CC1)c1cccs1. The zero-order chi connectivity index (χ0) is 22.8. The summed E-state index contributed by atoms with van der Waals surface area (Å²) in [7, 11) is -4.27. The van der Waals surface area contributed by atoms with E-state index in [1.807, 2.05) is 0 Å². The van der Waals surface area contributed by atoms with E-state index in [-0.39, 0.29) is 55.7 Å². The lowest BCUT2D eigenvalue weighted by molar-refractivity contribution is -0.137. The molecule has 0 bridgehead atoms. The zero-order valence-corrected chi connectivity index (χ0v) is 18.5. The molecule has 1 amide bonds. The van der Waals surface area contributed by atoms with Crippen LogP contribution < -0.4 is 0 Å². The standard InChI is InChI=1S/C19H18ClF3N2O4S2/c20-14-4-3-13(19(21,22)23)12-17(14)31(28,29)25-9-7-24(8-10-25)18(27)6-5-15(26)16-2-1-11-30-16/h1-4,11-12H,5-10H2. The molecule has 0 atom stereocenters. The number of nitrogens with zero attached hydrogens (tertiary/aromatic N) is 2. The van der Waals surface area contributed by atoms with E-state index in [0.29, 0.717) is 10.9 Å². The second-order valence-electron chi connectivity index (χ2n) is 6.83. The van der Waals surface area contributed by atoms with Crippen molar-refractivity contribution in [1.82, 2.24) is 9.21 Å². The first-order valence-electron chi connectivity index (χ1n) is 9.21. The number of piperazine rings is 1. The monoisotopic (exact) mass is 494 g/mol. The Labute approximate surface area is 186 Å². The number of Topliss-reactive ketones (excluding diaryl/α,β-unsaturated/α-hetero) is 1. The maximum Gasteiger partial charge on any atom is 0.416 e. The Balaban J connectivity index is 1.62. The van der Waals surface area contributed by atoms with Crippen LogP contribution in [0.1, 0.15) is 28.1 Å². The third-order valence-electron chi connectivity index (χ3n) is 4.83. The van der Waals surface area contributed by atoms with Crippen LogP contribution in [0.3, 0.4) is 0 Å². The fraction of sp³-hybridized carbons (Fsp3) is 0.368. The van der Waals surface area contributed by atoms with Gasteiger partial charge in [-0.3, -0.25) is 9.59 Å². The van der Waals surface area contributed by atoms with Gasteiger partial charge in [-0.2, -0.15) is 17.5 Å². The number of ketones is 1. The van der Waals surface area contributed by atoms with Gasteiger partial charge in [-0.1, -0.05) is 17.7 Å². The molecule has 1 aliphatic rings. The average molecular weight is 495 g/mol. The third kappa shape index (κ3) is 5.46. The molecule has 1 saturated heterocycles. The van der Waals surface area contributed by atoms with Gasteiger partial charge in [0.2, 0.25) is 15.9 Å². The minimum Gasteiger partial charge on any atom is -0.340 e. The molecule has 0 aliphatic carbocycles. The number of thiophene rings is 1. The van der Waals surface area contributed by atoms with Crippen LogP contribution in [0.25, 0.3) is 0 Å². The lowest BCUT2D eigenvalue weighted by Gasteiger charge is -2.34. The van der Waals surface area contributed by atoms with E-state index in [1.54, 1.807) is 17.5 Å². The van der Waals surface area contributed by atoms with Gasteiger partial charge in [0, 0.05) is 39.0 Å². The van der Waals surface area contributed by atoms with E-state index in [4.69, 9.17) is 11.6 Å².